The predicted octanol–water partition coefficient (Wildman–Crippen LogP) is 3.17. The van der Waals surface area contributed by atoms with Gasteiger partial charge in [-0.2, -0.15) is 0 Å². The highest BCUT2D eigenvalue weighted by Gasteiger charge is 2.03. The second kappa shape index (κ2) is 5.77. The number of hydrogen-bond acceptors (Lipinski definition) is 4. The molecule has 0 aliphatic heterocycles. The molecule has 19 heavy (non-hydrogen) atoms. The van der Waals surface area contributed by atoms with Crippen LogP contribution in [-0.4, -0.2) is 17.0 Å². The highest BCUT2D eigenvalue weighted by Crippen LogP contribution is 2.14. The van der Waals surface area contributed by atoms with E-state index in [-0.39, 0.29) is 5.69 Å². The molecule has 1 aromatic carbocycles. The smallest absolute Gasteiger partial charge is 0.287 e. The van der Waals surface area contributed by atoms with E-state index in [0.717, 1.165) is 11.3 Å². The molecule has 0 fully saturated rings. The third kappa shape index (κ3) is 3.38. The maximum absolute atomic E-state index is 10.5. The van der Waals surface area contributed by atoms with E-state index in [9.17, 15) is 10.1 Å². The molecular weight excluding hydrogens is 244 g/mol. The van der Waals surface area contributed by atoms with Crippen molar-refractivity contribution in [1.82, 2.24) is 4.98 Å². The molecule has 0 amide bonds. The van der Waals surface area contributed by atoms with E-state index in [1.165, 1.54) is 12.3 Å². The first-order valence-corrected chi connectivity index (χ1v) is 5.61. The van der Waals surface area contributed by atoms with Gasteiger partial charge in [0.2, 0.25) is 0 Å². The molecule has 0 aliphatic rings. The van der Waals surface area contributed by atoms with Crippen molar-refractivity contribution in [3.63, 3.8) is 0 Å². The zero-order valence-corrected chi connectivity index (χ0v) is 10.3. The highest BCUT2D eigenvalue weighted by molar-refractivity contribution is 5.68. The number of benzene rings is 1. The summed E-state index contributed by atoms with van der Waals surface area (Å²) in [7, 11) is 1.62. The number of rotatable bonds is 4. The lowest BCUT2D eigenvalue weighted by molar-refractivity contribution is -0.385. The number of methoxy groups -OCH3 is 1. The topological polar surface area (TPSA) is 65.3 Å². The summed E-state index contributed by atoms with van der Waals surface area (Å²) in [6, 6.07) is 10.6. The number of ether oxygens (including phenoxy) is 1. The first-order chi connectivity index (χ1) is 9.19. The van der Waals surface area contributed by atoms with Crippen LogP contribution in [-0.2, 0) is 0 Å². The summed E-state index contributed by atoms with van der Waals surface area (Å²) in [5.74, 6) is 0.797. The lowest BCUT2D eigenvalue weighted by Gasteiger charge is -1.99. The Morgan fingerprint density at radius 2 is 1.89 bits per heavy atom. The minimum absolute atomic E-state index is 0.0124. The van der Waals surface area contributed by atoms with E-state index < -0.39 is 4.92 Å². The predicted molar refractivity (Wildman–Crippen MR) is 72.8 cm³/mol. The average molecular weight is 256 g/mol. The first-order valence-electron chi connectivity index (χ1n) is 5.61. The van der Waals surface area contributed by atoms with E-state index >= 15 is 0 Å². The number of pyridine rings is 1. The molecule has 0 bridgehead atoms. The molecule has 1 heterocycles. The van der Waals surface area contributed by atoms with Crippen LogP contribution in [0, 0.1) is 10.1 Å². The molecule has 96 valence electrons. The maximum atomic E-state index is 10.5. The Bertz CT molecular complexity index is 589. The van der Waals surface area contributed by atoms with Gasteiger partial charge < -0.3 is 4.74 Å². The van der Waals surface area contributed by atoms with Gasteiger partial charge in [-0.25, -0.2) is 4.98 Å². The van der Waals surface area contributed by atoms with Crippen LogP contribution in [0.2, 0.25) is 0 Å². The Kier molecular flexibility index (Phi) is 3.87. The molecule has 0 aliphatic carbocycles. The summed E-state index contributed by atoms with van der Waals surface area (Å²) in [5.41, 5.74) is 1.66. The van der Waals surface area contributed by atoms with E-state index in [1.54, 1.807) is 19.3 Å². The van der Waals surface area contributed by atoms with Crippen LogP contribution < -0.4 is 4.74 Å². The van der Waals surface area contributed by atoms with Crippen LogP contribution in [0.3, 0.4) is 0 Å². The molecule has 0 saturated heterocycles. The maximum Gasteiger partial charge on any atom is 0.287 e. The number of hydrogen-bond donors (Lipinski definition) is 0. The number of nitro groups is 1. The van der Waals surface area contributed by atoms with Gasteiger partial charge in [0.05, 0.1) is 17.7 Å². The molecule has 5 heteroatoms. The van der Waals surface area contributed by atoms with Gasteiger partial charge in [0.1, 0.15) is 11.9 Å². The van der Waals surface area contributed by atoms with Gasteiger partial charge in [0.15, 0.2) is 0 Å². The molecule has 0 radical (unpaired) electrons. The van der Waals surface area contributed by atoms with Crippen molar-refractivity contribution in [2.45, 2.75) is 0 Å². The molecular formula is C14H12N2O3. The average Bonchev–Trinajstić information content (AvgIpc) is 2.46. The third-order valence-electron chi connectivity index (χ3n) is 2.54. The number of nitrogens with zero attached hydrogens (tertiary/aromatic N) is 2. The van der Waals surface area contributed by atoms with Gasteiger partial charge >= 0.3 is 0 Å². The highest BCUT2D eigenvalue weighted by atomic mass is 16.6. The molecule has 2 rings (SSSR count). The summed E-state index contributed by atoms with van der Waals surface area (Å²) < 4.78 is 5.07. The summed E-state index contributed by atoms with van der Waals surface area (Å²) in [4.78, 5) is 14.0. The second-order valence-corrected chi connectivity index (χ2v) is 3.80. The van der Waals surface area contributed by atoms with Crippen molar-refractivity contribution in [3.8, 4) is 5.75 Å². The van der Waals surface area contributed by atoms with Crippen LogP contribution in [0.1, 0.15) is 11.3 Å². The lowest BCUT2D eigenvalue weighted by Crippen LogP contribution is -1.89. The van der Waals surface area contributed by atoms with Crippen LogP contribution >= 0.6 is 0 Å². The molecule has 2 aromatic rings. The zero-order valence-electron chi connectivity index (χ0n) is 10.3. The largest absolute Gasteiger partial charge is 0.497 e. The Labute approximate surface area is 110 Å². The minimum atomic E-state index is -0.468. The third-order valence-corrected chi connectivity index (χ3v) is 2.54. The van der Waals surface area contributed by atoms with Crippen molar-refractivity contribution in [3.05, 3.63) is 64.0 Å². The van der Waals surface area contributed by atoms with Gasteiger partial charge in [-0.05, 0) is 29.8 Å². The van der Waals surface area contributed by atoms with E-state index in [1.807, 2.05) is 30.3 Å². The Morgan fingerprint density at radius 3 is 2.42 bits per heavy atom. The SMILES string of the molecule is COc1ccc(/C=C/c2ccc([N+](=O)[O-])cn2)cc1. The van der Waals surface area contributed by atoms with Gasteiger partial charge in [0.25, 0.3) is 5.69 Å². The fourth-order valence-corrected chi connectivity index (χ4v) is 1.50. The Hall–Kier alpha value is -2.69. The quantitative estimate of drug-likeness (QED) is 0.622. The van der Waals surface area contributed by atoms with Crippen molar-refractivity contribution in [2.24, 2.45) is 0 Å². The van der Waals surface area contributed by atoms with Crippen LogP contribution in [0.4, 0.5) is 5.69 Å². The molecule has 0 atom stereocenters. The first kappa shape index (κ1) is 12.8. The fourth-order valence-electron chi connectivity index (χ4n) is 1.50. The van der Waals surface area contributed by atoms with Crippen LogP contribution in [0.5, 0.6) is 5.75 Å². The molecule has 1 aromatic heterocycles. The number of aromatic nitrogens is 1. The Balaban J connectivity index is 2.10. The van der Waals surface area contributed by atoms with Crippen LogP contribution in [0.25, 0.3) is 12.2 Å². The second-order valence-electron chi connectivity index (χ2n) is 3.80. The Morgan fingerprint density at radius 1 is 1.16 bits per heavy atom. The van der Waals surface area contributed by atoms with E-state index in [4.69, 9.17) is 4.74 Å². The van der Waals surface area contributed by atoms with Crippen molar-refractivity contribution in [1.29, 1.82) is 0 Å². The standard InChI is InChI=1S/C14H12N2O3/c1-19-14-8-3-11(4-9-14)2-5-12-6-7-13(10-15-12)16(17)18/h2-10H,1H3/b5-2+. The summed E-state index contributed by atoms with van der Waals surface area (Å²) in [6.07, 6.45) is 4.92. The van der Waals surface area contributed by atoms with Gasteiger partial charge in [-0.1, -0.05) is 18.2 Å². The zero-order chi connectivity index (χ0) is 13.7. The molecule has 0 saturated carbocycles. The van der Waals surface area contributed by atoms with E-state index in [2.05, 4.69) is 4.98 Å². The monoisotopic (exact) mass is 256 g/mol. The summed E-state index contributed by atoms with van der Waals surface area (Å²) in [5, 5.41) is 10.5. The lowest BCUT2D eigenvalue weighted by atomic mass is 10.2. The minimum Gasteiger partial charge on any atom is -0.497 e. The molecule has 5 nitrogen and oxygen atoms in total. The van der Waals surface area contributed by atoms with Crippen molar-refractivity contribution in [2.75, 3.05) is 7.11 Å². The fraction of sp³-hybridized carbons (Fsp3) is 0.0714. The van der Waals surface area contributed by atoms with Crippen molar-refractivity contribution >= 4 is 17.8 Å². The van der Waals surface area contributed by atoms with E-state index in [0.29, 0.717) is 5.69 Å². The molecule has 0 spiro atoms. The van der Waals surface area contributed by atoms with Gasteiger partial charge in [-0.3, -0.25) is 10.1 Å². The van der Waals surface area contributed by atoms with Gasteiger partial charge in [-0.15, -0.1) is 0 Å². The van der Waals surface area contributed by atoms with Crippen molar-refractivity contribution < 1.29 is 9.66 Å². The normalized spacial score (nSPS) is 10.6. The summed E-state index contributed by atoms with van der Waals surface area (Å²) in [6.45, 7) is 0. The molecule has 0 unspecified atom stereocenters. The summed E-state index contributed by atoms with van der Waals surface area (Å²) >= 11 is 0. The molecule has 0 N–H and O–H groups in total. The van der Waals surface area contributed by atoms with Crippen LogP contribution in [0.15, 0.2) is 42.6 Å². The van der Waals surface area contributed by atoms with Gasteiger partial charge in [0, 0.05) is 6.07 Å².